The Labute approximate surface area is 132 Å². The van der Waals surface area contributed by atoms with Crippen LogP contribution in [0.4, 0.5) is 0 Å². The second-order valence-electron chi connectivity index (χ2n) is 4.54. The van der Waals surface area contributed by atoms with Crippen molar-refractivity contribution in [1.29, 1.82) is 0 Å². The van der Waals surface area contributed by atoms with E-state index in [0.717, 1.165) is 0 Å². The van der Waals surface area contributed by atoms with Crippen molar-refractivity contribution in [2.45, 2.75) is 6.42 Å². The number of carbonyl (C=O) groups is 3. The van der Waals surface area contributed by atoms with Gasteiger partial charge in [0.05, 0.1) is 5.56 Å². The molecule has 1 aromatic carbocycles. The highest BCUT2D eigenvalue weighted by molar-refractivity contribution is 7.90. The lowest BCUT2D eigenvalue weighted by atomic mass is 10.1. The van der Waals surface area contributed by atoms with E-state index in [9.17, 15) is 22.8 Å². The molecular weight excluding hydrogens is 328 g/mol. The van der Waals surface area contributed by atoms with Crippen molar-refractivity contribution in [1.82, 2.24) is 10.0 Å². The smallest absolute Gasteiger partial charge is 0.335 e. The normalized spacial score (nSPS) is 11.0. The number of carboxylic acids is 2. The van der Waals surface area contributed by atoms with E-state index in [-0.39, 0.29) is 18.5 Å². The van der Waals surface area contributed by atoms with Gasteiger partial charge in [-0.3, -0.25) is 9.59 Å². The molecule has 0 heterocycles. The van der Waals surface area contributed by atoms with E-state index in [1.165, 1.54) is 6.07 Å². The third kappa shape index (κ3) is 6.89. The topological polar surface area (TPSA) is 150 Å². The van der Waals surface area contributed by atoms with E-state index < -0.39 is 40.2 Å². The van der Waals surface area contributed by atoms with E-state index in [4.69, 9.17) is 10.2 Å². The summed E-state index contributed by atoms with van der Waals surface area (Å²) in [7, 11) is -3.93. The lowest BCUT2D eigenvalue weighted by Crippen LogP contribution is -2.39. The number of aliphatic carboxylic acids is 1. The number of hydrogen-bond donors (Lipinski definition) is 4. The van der Waals surface area contributed by atoms with Gasteiger partial charge in [-0.2, -0.15) is 0 Å². The summed E-state index contributed by atoms with van der Waals surface area (Å²) in [5.74, 6) is -4.24. The van der Waals surface area contributed by atoms with Gasteiger partial charge in [-0.05, 0) is 18.1 Å². The molecule has 0 saturated carbocycles. The Bertz CT molecular complexity index is 700. The van der Waals surface area contributed by atoms with Crippen LogP contribution in [0.2, 0.25) is 0 Å². The fourth-order valence-corrected chi connectivity index (χ4v) is 2.70. The quantitative estimate of drug-likeness (QED) is 0.451. The summed E-state index contributed by atoms with van der Waals surface area (Å²) >= 11 is 0. The molecule has 0 radical (unpaired) electrons. The van der Waals surface area contributed by atoms with Crippen LogP contribution in [-0.4, -0.2) is 55.3 Å². The zero-order valence-corrected chi connectivity index (χ0v) is 12.8. The van der Waals surface area contributed by atoms with Crippen LogP contribution in [0.1, 0.15) is 15.9 Å². The molecule has 9 nitrogen and oxygen atoms in total. The molecule has 0 aliphatic heterocycles. The maximum absolute atomic E-state index is 11.7. The molecular formula is C13H16N2O7S. The summed E-state index contributed by atoms with van der Waals surface area (Å²) in [4.78, 5) is 32.5. The number of aromatic carboxylic acids is 1. The highest BCUT2D eigenvalue weighted by Crippen LogP contribution is 2.09. The van der Waals surface area contributed by atoms with Gasteiger partial charge in [0.1, 0.15) is 12.3 Å². The zero-order chi connectivity index (χ0) is 17.5. The number of amides is 1. The highest BCUT2D eigenvalue weighted by Gasteiger charge is 2.17. The largest absolute Gasteiger partial charge is 0.480 e. The SMILES string of the molecule is O=C(O)CNC(=O)CS(=O)(=O)NCCc1ccccc1C(=O)O. The maximum Gasteiger partial charge on any atom is 0.335 e. The van der Waals surface area contributed by atoms with Crippen LogP contribution in [0.15, 0.2) is 24.3 Å². The van der Waals surface area contributed by atoms with E-state index >= 15 is 0 Å². The molecule has 126 valence electrons. The van der Waals surface area contributed by atoms with Crippen molar-refractivity contribution in [3.05, 3.63) is 35.4 Å². The van der Waals surface area contributed by atoms with Crippen molar-refractivity contribution in [2.24, 2.45) is 0 Å². The van der Waals surface area contributed by atoms with Crippen LogP contribution >= 0.6 is 0 Å². The van der Waals surface area contributed by atoms with Gasteiger partial charge in [-0.15, -0.1) is 0 Å². The number of sulfonamides is 1. The van der Waals surface area contributed by atoms with Crippen LogP contribution < -0.4 is 10.0 Å². The Hall–Kier alpha value is -2.46. The Balaban J connectivity index is 2.53. The van der Waals surface area contributed by atoms with Crippen LogP contribution in [-0.2, 0) is 26.0 Å². The molecule has 0 aliphatic carbocycles. The van der Waals surface area contributed by atoms with Crippen molar-refractivity contribution in [3.63, 3.8) is 0 Å². The fourth-order valence-electron chi connectivity index (χ4n) is 1.74. The molecule has 1 amide bonds. The maximum atomic E-state index is 11.7. The lowest BCUT2D eigenvalue weighted by Gasteiger charge is -2.08. The van der Waals surface area contributed by atoms with Gasteiger partial charge >= 0.3 is 11.9 Å². The molecule has 23 heavy (non-hydrogen) atoms. The minimum Gasteiger partial charge on any atom is -0.480 e. The van der Waals surface area contributed by atoms with Crippen molar-refractivity contribution in [3.8, 4) is 0 Å². The molecule has 0 fully saturated rings. The zero-order valence-electron chi connectivity index (χ0n) is 12.0. The van der Waals surface area contributed by atoms with Crippen LogP contribution in [0, 0.1) is 0 Å². The van der Waals surface area contributed by atoms with E-state index in [0.29, 0.717) is 5.56 Å². The molecule has 0 aliphatic rings. The van der Waals surface area contributed by atoms with Crippen molar-refractivity contribution < 1.29 is 33.0 Å². The summed E-state index contributed by atoms with van der Waals surface area (Å²) in [5.41, 5.74) is 0.531. The number of rotatable bonds is 9. The van der Waals surface area contributed by atoms with Gasteiger partial charge in [0.15, 0.2) is 0 Å². The predicted molar refractivity (Wildman–Crippen MR) is 79.5 cm³/mol. The molecule has 10 heteroatoms. The van der Waals surface area contributed by atoms with Crippen molar-refractivity contribution >= 4 is 27.9 Å². The Kier molecular flexibility index (Phi) is 6.66. The van der Waals surface area contributed by atoms with Gasteiger partial charge in [-0.1, -0.05) is 18.2 Å². The highest BCUT2D eigenvalue weighted by atomic mass is 32.2. The van der Waals surface area contributed by atoms with E-state index in [2.05, 4.69) is 4.72 Å². The average molecular weight is 344 g/mol. The summed E-state index contributed by atoms with van der Waals surface area (Å²) in [6, 6.07) is 6.17. The average Bonchev–Trinajstić information content (AvgIpc) is 2.44. The molecule has 1 aromatic rings. The second kappa shape index (κ2) is 8.25. The monoisotopic (exact) mass is 344 g/mol. The number of hydrogen-bond acceptors (Lipinski definition) is 5. The van der Waals surface area contributed by atoms with E-state index in [1.54, 1.807) is 18.2 Å². The molecule has 0 spiro atoms. The van der Waals surface area contributed by atoms with Crippen LogP contribution in [0.3, 0.4) is 0 Å². The molecule has 0 saturated heterocycles. The Morgan fingerprint density at radius 3 is 2.35 bits per heavy atom. The van der Waals surface area contributed by atoms with Gasteiger partial charge in [0.25, 0.3) is 0 Å². The number of nitrogens with one attached hydrogen (secondary N) is 2. The molecule has 0 unspecified atom stereocenters. The minimum atomic E-state index is -3.93. The fraction of sp³-hybridized carbons (Fsp3) is 0.308. The summed E-state index contributed by atoms with van der Waals surface area (Å²) in [6.45, 7) is -0.751. The lowest BCUT2D eigenvalue weighted by molar-refractivity contribution is -0.137. The molecule has 0 bridgehead atoms. The summed E-state index contributed by atoms with van der Waals surface area (Å²) in [6.07, 6.45) is 0.137. The molecule has 4 N–H and O–H groups in total. The summed E-state index contributed by atoms with van der Waals surface area (Å²) < 4.78 is 25.5. The number of carboxylic acid groups (broad SMARTS) is 2. The van der Waals surface area contributed by atoms with Crippen LogP contribution in [0.25, 0.3) is 0 Å². The third-order valence-electron chi connectivity index (χ3n) is 2.72. The van der Waals surface area contributed by atoms with Crippen molar-refractivity contribution in [2.75, 3.05) is 18.8 Å². The molecule has 0 aromatic heterocycles. The summed E-state index contributed by atoms with van der Waals surface area (Å²) in [5, 5.41) is 19.3. The number of carbonyl (C=O) groups excluding carboxylic acids is 1. The molecule has 1 rings (SSSR count). The van der Waals surface area contributed by atoms with Gasteiger partial charge in [0, 0.05) is 6.54 Å². The first-order valence-corrected chi connectivity index (χ1v) is 8.13. The van der Waals surface area contributed by atoms with Gasteiger partial charge in [0.2, 0.25) is 15.9 Å². The third-order valence-corrected chi connectivity index (χ3v) is 4.01. The van der Waals surface area contributed by atoms with E-state index in [1.807, 2.05) is 5.32 Å². The van der Waals surface area contributed by atoms with Gasteiger partial charge in [-0.25, -0.2) is 17.9 Å². The Morgan fingerprint density at radius 2 is 1.74 bits per heavy atom. The second-order valence-corrected chi connectivity index (χ2v) is 6.34. The minimum absolute atomic E-state index is 0.0749. The number of benzene rings is 1. The standard InChI is InChI=1S/C13H16N2O7S/c16-11(14-7-12(17)18)8-23(21,22)15-6-5-9-3-1-2-4-10(9)13(19)20/h1-4,15H,5-8H2,(H,14,16)(H,17,18)(H,19,20). The predicted octanol–water partition coefficient (Wildman–Crippen LogP) is -0.952. The molecule has 0 atom stereocenters. The van der Waals surface area contributed by atoms with Gasteiger partial charge < -0.3 is 15.5 Å². The van der Waals surface area contributed by atoms with Crippen LogP contribution in [0.5, 0.6) is 0 Å². The Morgan fingerprint density at radius 1 is 1.09 bits per heavy atom. The first kappa shape index (κ1) is 18.6. The first-order valence-electron chi connectivity index (χ1n) is 6.48. The first-order chi connectivity index (χ1) is 10.7.